The monoisotopic (exact) mass is 481 g/mol. The molecule has 35 heavy (non-hydrogen) atoms. The molecule has 7 heteroatoms. The smallest absolute Gasteiger partial charge is 0.260 e. The zero-order valence-corrected chi connectivity index (χ0v) is 21.5. The van der Waals surface area contributed by atoms with E-state index in [-0.39, 0.29) is 24.2 Å². The minimum Gasteiger partial charge on any atom is -0.484 e. The van der Waals surface area contributed by atoms with Gasteiger partial charge in [-0.1, -0.05) is 39.8 Å². The van der Waals surface area contributed by atoms with E-state index in [2.05, 4.69) is 33.0 Å². The molecule has 0 spiro atoms. The number of benzene rings is 2. The van der Waals surface area contributed by atoms with Gasteiger partial charge in [-0.2, -0.15) is 0 Å². The van der Waals surface area contributed by atoms with Gasteiger partial charge in [0.05, 0.1) is 5.56 Å². The van der Waals surface area contributed by atoms with Crippen molar-refractivity contribution >= 4 is 22.7 Å². The highest BCUT2D eigenvalue weighted by atomic mass is 19.1. The molecule has 0 saturated carbocycles. The molecule has 188 valence electrons. The molecule has 0 aliphatic heterocycles. The second-order valence-electron chi connectivity index (χ2n) is 9.88. The van der Waals surface area contributed by atoms with Gasteiger partial charge in [0, 0.05) is 43.3 Å². The number of nitrogens with zero attached hydrogens (tertiary/aromatic N) is 2. The predicted octanol–water partition coefficient (Wildman–Crippen LogP) is 5.08. The van der Waals surface area contributed by atoms with Gasteiger partial charge in [0.1, 0.15) is 11.6 Å². The lowest BCUT2D eigenvalue weighted by molar-refractivity contribution is -0.134. The van der Waals surface area contributed by atoms with Crippen molar-refractivity contribution in [2.45, 2.75) is 41.2 Å². The molecule has 6 nitrogen and oxygen atoms in total. The SMILES string of the molecule is Cc1c(C(=O)NCc2ccc(F)cc2)c2cc(OCC(=O)N(CC(C)C)CC(C)C)ccc2n1C. The highest BCUT2D eigenvalue weighted by molar-refractivity contribution is 6.08. The lowest BCUT2D eigenvalue weighted by atomic mass is 10.1. The Kier molecular flexibility index (Phi) is 8.54. The van der Waals surface area contributed by atoms with Crippen molar-refractivity contribution in [1.82, 2.24) is 14.8 Å². The molecular formula is C28H36FN3O3. The minimum atomic E-state index is -0.312. The van der Waals surface area contributed by atoms with Crippen LogP contribution in [0.5, 0.6) is 5.75 Å². The van der Waals surface area contributed by atoms with Gasteiger partial charge in [-0.25, -0.2) is 4.39 Å². The molecule has 1 aromatic heterocycles. The Hall–Kier alpha value is -3.35. The number of aromatic nitrogens is 1. The zero-order valence-electron chi connectivity index (χ0n) is 21.5. The number of hydrogen-bond acceptors (Lipinski definition) is 3. The quantitative estimate of drug-likeness (QED) is 0.440. The number of carbonyl (C=O) groups excluding carboxylic acids is 2. The number of fused-ring (bicyclic) bond motifs is 1. The van der Waals surface area contributed by atoms with Crippen LogP contribution in [-0.2, 0) is 18.4 Å². The molecule has 2 aromatic carbocycles. The Morgan fingerprint density at radius 1 is 1.03 bits per heavy atom. The normalized spacial score (nSPS) is 11.3. The summed E-state index contributed by atoms with van der Waals surface area (Å²) in [7, 11) is 1.91. The number of aryl methyl sites for hydroxylation is 1. The lowest BCUT2D eigenvalue weighted by Gasteiger charge is -2.26. The number of nitrogens with one attached hydrogen (secondary N) is 1. The third kappa shape index (κ3) is 6.62. The maximum atomic E-state index is 13.2. The number of hydrogen-bond donors (Lipinski definition) is 1. The first-order chi connectivity index (χ1) is 16.6. The largest absolute Gasteiger partial charge is 0.484 e. The van der Waals surface area contributed by atoms with Gasteiger partial charge >= 0.3 is 0 Å². The van der Waals surface area contributed by atoms with Crippen LogP contribution >= 0.6 is 0 Å². The molecule has 3 rings (SSSR count). The van der Waals surface area contributed by atoms with E-state index in [1.54, 1.807) is 12.1 Å². The van der Waals surface area contributed by atoms with Crippen LogP contribution in [0.4, 0.5) is 4.39 Å². The summed E-state index contributed by atoms with van der Waals surface area (Å²) in [6.07, 6.45) is 0. The number of rotatable bonds is 10. The van der Waals surface area contributed by atoms with E-state index in [1.807, 2.05) is 41.6 Å². The summed E-state index contributed by atoms with van der Waals surface area (Å²) in [6.45, 7) is 11.9. The van der Waals surface area contributed by atoms with Gasteiger partial charge in [0.2, 0.25) is 0 Å². The number of amides is 2. The van der Waals surface area contributed by atoms with Crippen LogP contribution in [0.25, 0.3) is 10.9 Å². The summed E-state index contributed by atoms with van der Waals surface area (Å²) < 4.78 is 21.0. The standard InChI is InChI=1S/C28H36FN3O3/c1-18(2)15-32(16-19(3)4)26(33)17-35-23-11-12-25-24(13-23)27(20(5)31(25)6)28(34)30-14-21-7-9-22(29)10-8-21/h7-13,18-19H,14-17H2,1-6H3,(H,30,34). The van der Waals surface area contributed by atoms with Crippen molar-refractivity contribution < 1.29 is 18.7 Å². The highest BCUT2D eigenvalue weighted by Crippen LogP contribution is 2.29. The third-order valence-corrected chi connectivity index (χ3v) is 5.94. The summed E-state index contributed by atoms with van der Waals surface area (Å²) in [6, 6.07) is 11.6. The summed E-state index contributed by atoms with van der Waals surface area (Å²) in [5.41, 5.74) is 3.09. The van der Waals surface area contributed by atoms with Gasteiger partial charge in [0.15, 0.2) is 6.61 Å². The topological polar surface area (TPSA) is 63.6 Å². The van der Waals surface area contributed by atoms with Crippen molar-refractivity contribution in [3.8, 4) is 5.75 Å². The molecule has 0 radical (unpaired) electrons. The Labute approximate surface area is 207 Å². The van der Waals surface area contributed by atoms with Crippen molar-refractivity contribution in [3.05, 3.63) is 65.1 Å². The van der Waals surface area contributed by atoms with Crippen LogP contribution < -0.4 is 10.1 Å². The average molecular weight is 482 g/mol. The maximum absolute atomic E-state index is 13.2. The van der Waals surface area contributed by atoms with Crippen molar-refractivity contribution in [3.63, 3.8) is 0 Å². The molecule has 1 heterocycles. The molecule has 0 fully saturated rings. The Morgan fingerprint density at radius 2 is 1.66 bits per heavy atom. The third-order valence-electron chi connectivity index (χ3n) is 5.94. The fourth-order valence-corrected chi connectivity index (χ4v) is 4.20. The van der Waals surface area contributed by atoms with Crippen LogP contribution in [0, 0.1) is 24.6 Å². The average Bonchev–Trinajstić information content (AvgIpc) is 3.05. The second kappa shape index (κ2) is 11.4. The van der Waals surface area contributed by atoms with E-state index in [0.29, 0.717) is 42.8 Å². The van der Waals surface area contributed by atoms with E-state index < -0.39 is 0 Å². The van der Waals surface area contributed by atoms with Crippen LogP contribution in [0.1, 0.15) is 49.3 Å². The van der Waals surface area contributed by atoms with Gasteiger partial charge in [0.25, 0.3) is 11.8 Å². The van der Waals surface area contributed by atoms with Gasteiger partial charge in [-0.3, -0.25) is 9.59 Å². The number of ether oxygens (including phenoxy) is 1. The second-order valence-corrected chi connectivity index (χ2v) is 9.88. The van der Waals surface area contributed by atoms with Gasteiger partial charge in [-0.15, -0.1) is 0 Å². The van der Waals surface area contributed by atoms with E-state index >= 15 is 0 Å². The molecule has 2 amide bonds. The van der Waals surface area contributed by atoms with E-state index in [0.717, 1.165) is 22.2 Å². The van der Waals surface area contributed by atoms with E-state index in [9.17, 15) is 14.0 Å². The molecular weight excluding hydrogens is 445 g/mol. The molecule has 0 atom stereocenters. The summed E-state index contributed by atoms with van der Waals surface area (Å²) in [4.78, 5) is 27.8. The Balaban J connectivity index is 1.77. The summed E-state index contributed by atoms with van der Waals surface area (Å²) in [5, 5.41) is 3.68. The molecule has 3 aromatic rings. The van der Waals surface area contributed by atoms with Crippen molar-refractivity contribution in [2.24, 2.45) is 18.9 Å². The van der Waals surface area contributed by atoms with Gasteiger partial charge in [-0.05, 0) is 54.7 Å². The maximum Gasteiger partial charge on any atom is 0.260 e. The molecule has 0 saturated heterocycles. The van der Waals surface area contributed by atoms with E-state index in [4.69, 9.17) is 4.74 Å². The molecule has 1 N–H and O–H groups in total. The first kappa shape index (κ1) is 26.3. The fraction of sp³-hybridized carbons (Fsp3) is 0.429. The van der Waals surface area contributed by atoms with Crippen LogP contribution in [0.15, 0.2) is 42.5 Å². The van der Waals surface area contributed by atoms with Gasteiger partial charge < -0.3 is 19.5 Å². The van der Waals surface area contributed by atoms with Crippen molar-refractivity contribution in [1.29, 1.82) is 0 Å². The summed E-state index contributed by atoms with van der Waals surface area (Å²) in [5.74, 6) is 0.708. The first-order valence-electron chi connectivity index (χ1n) is 12.1. The van der Waals surface area contributed by atoms with Crippen LogP contribution in [0.2, 0.25) is 0 Å². The molecule has 0 aliphatic rings. The van der Waals surface area contributed by atoms with Crippen LogP contribution in [0.3, 0.4) is 0 Å². The summed E-state index contributed by atoms with van der Waals surface area (Å²) >= 11 is 0. The van der Waals surface area contributed by atoms with Crippen LogP contribution in [-0.4, -0.2) is 41.0 Å². The molecule has 0 bridgehead atoms. The lowest BCUT2D eigenvalue weighted by Crippen LogP contribution is -2.39. The Morgan fingerprint density at radius 3 is 2.26 bits per heavy atom. The fourth-order valence-electron chi connectivity index (χ4n) is 4.20. The first-order valence-corrected chi connectivity index (χ1v) is 12.1. The minimum absolute atomic E-state index is 0.0472. The molecule has 0 unspecified atom stereocenters. The molecule has 0 aliphatic carbocycles. The number of carbonyl (C=O) groups is 2. The van der Waals surface area contributed by atoms with Crippen molar-refractivity contribution in [2.75, 3.05) is 19.7 Å². The Bertz CT molecular complexity index is 1170. The van der Waals surface area contributed by atoms with E-state index in [1.165, 1.54) is 12.1 Å². The number of halogens is 1. The zero-order chi connectivity index (χ0) is 25.7. The predicted molar refractivity (Wildman–Crippen MR) is 137 cm³/mol. The highest BCUT2D eigenvalue weighted by Gasteiger charge is 2.20.